The second-order valence-electron chi connectivity index (χ2n) is 7.75. The smallest absolute Gasteiger partial charge is 0.170 e. The average molecular weight is 387 g/mol. The van der Waals surface area contributed by atoms with Crippen LogP contribution in [0.15, 0.2) is 60.7 Å². The van der Waals surface area contributed by atoms with E-state index in [-0.39, 0.29) is 0 Å². The highest BCUT2D eigenvalue weighted by molar-refractivity contribution is 7.91. The van der Waals surface area contributed by atoms with Crippen molar-refractivity contribution < 1.29 is 8.42 Å². The molecule has 0 aromatic heterocycles. The number of hydrogen-bond donors (Lipinski definition) is 1. The SMILES string of the molecule is CS(=O)(=O)C(N)(CCN1CCC(Cc2ccccc2)CC1)c1ccccc1. The summed E-state index contributed by atoms with van der Waals surface area (Å²) in [5.74, 6) is 0.704. The van der Waals surface area contributed by atoms with E-state index in [4.69, 9.17) is 5.73 Å². The van der Waals surface area contributed by atoms with Crippen molar-refractivity contribution in [2.75, 3.05) is 25.9 Å². The number of likely N-dealkylation sites (tertiary alicyclic amines) is 1. The maximum atomic E-state index is 12.4. The van der Waals surface area contributed by atoms with E-state index >= 15 is 0 Å². The predicted molar refractivity (Wildman–Crippen MR) is 111 cm³/mol. The van der Waals surface area contributed by atoms with Gasteiger partial charge in [-0.05, 0) is 55.8 Å². The number of benzene rings is 2. The molecular formula is C22H30N2O2S. The summed E-state index contributed by atoms with van der Waals surface area (Å²) >= 11 is 0. The fourth-order valence-corrected chi connectivity index (χ4v) is 4.98. The van der Waals surface area contributed by atoms with Crippen molar-refractivity contribution in [3.8, 4) is 0 Å². The van der Waals surface area contributed by atoms with Gasteiger partial charge in [0.25, 0.3) is 0 Å². The van der Waals surface area contributed by atoms with Gasteiger partial charge in [-0.15, -0.1) is 0 Å². The maximum absolute atomic E-state index is 12.4. The van der Waals surface area contributed by atoms with Crippen LogP contribution in [0.3, 0.4) is 0 Å². The molecule has 1 unspecified atom stereocenters. The molecule has 1 heterocycles. The van der Waals surface area contributed by atoms with E-state index in [1.165, 1.54) is 11.8 Å². The van der Waals surface area contributed by atoms with Gasteiger partial charge in [0, 0.05) is 12.8 Å². The first-order valence-corrected chi connectivity index (χ1v) is 11.6. The van der Waals surface area contributed by atoms with Crippen LogP contribution in [0, 0.1) is 5.92 Å². The second kappa shape index (κ2) is 8.55. The lowest BCUT2D eigenvalue weighted by molar-refractivity contribution is 0.176. The first kappa shape index (κ1) is 20.1. The Labute approximate surface area is 163 Å². The number of nitrogens with zero attached hydrogens (tertiary/aromatic N) is 1. The van der Waals surface area contributed by atoms with Crippen LogP contribution in [-0.2, 0) is 21.1 Å². The van der Waals surface area contributed by atoms with Crippen molar-refractivity contribution in [2.24, 2.45) is 11.7 Å². The second-order valence-corrected chi connectivity index (χ2v) is 10.0. The summed E-state index contributed by atoms with van der Waals surface area (Å²) in [5.41, 5.74) is 8.50. The van der Waals surface area contributed by atoms with E-state index < -0.39 is 14.7 Å². The molecule has 0 amide bonds. The van der Waals surface area contributed by atoms with Crippen LogP contribution in [0.1, 0.15) is 30.4 Å². The summed E-state index contributed by atoms with van der Waals surface area (Å²) < 4.78 is 24.9. The summed E-state index contributed by atoms with van der Waals surface area (Å²) in [5, 5.41) is 0. The van der Waals surface area contributed by atoms with Crippen molar-refractivity contribution in [2.45, 2.75) is 30.6 Å². The molecule has 0 aliphatic carbocycles. The Morgan fingerprint density at radius 1 is 1.00 bits per heavy atom. The third kappa shape index (κ3) is 4.98. The Morgan fingerprint density at radius 3 is 2.11 bits per heavy atom. The molecule has 3 rings (SSSR count). The molecule has 1 aliphatic heterocycles. The minimum Gasteiger partial charge on any atom is -0.309 e. The van der Waals surface area contributed by atoms with Crippen LogP contribution in [0.4, 0.5) is 0 Å². The lowest BCUT2D eigenvalue weighted by Crippen LogP contribution is -2.47. The molecule has 5 heteroatoms. The van der Waals surface area contributed by atoms with E-state index in [0.717, 1.165) is 32.4 Å². The standard InChI is InChI=1S/C22H30N2O2S/c1-27(25,26)22(23,21-10-6-3-7-11-21)14-17-24-15-12-20(13-16-24)18-19-8-4-2-5-9-19/h2-11,20H,12-18,23H2,1H3. The van der Waals surface area contributed by atoms with E-state index in [2.05, 4.69) is 35.2 Å². The third-order valence-corrected chi connectivity index (χ3v) is 7.56. The highest BCUT2D eigenvalue weighted by Crippen LogP contribution is 2.29. The quantitative estimate of drug-likeness (QED) is 0.794. The molecule has 1 atom stereocenters. The molecule has 1 aliphatic rings. The molecular weight excluding hydrogens is 356 g/mol. The molecule has 2 aromatic carbocycles. The van der Waals surface area contributed by atoms with Crippen LogP contribution in [0.5, 0.6) is 0 Å². The summed E-state index contributed by atoms with van der Waals surface area (Å²) in [6.07, 6.45) is 5.08. The monoisotopic (exact) mass is 386 g/mol. The van der Waals surface area contributed by atoms with Gasteiger partial charge in [-0.25, -0.2) is 8.42 Å². The van der Waals surface area contributed by atoms with Crippen LogP contribution >= 0.6 is 0 Å². The molecule has 4 nitrogen and oxygen atoms in total. The molecule has 1 fully saturated rings. The predicted octanol–water partition coefficient (Wildman–Crippen LogP) is 3.19. The van der Waals surface area contributed by atoms with E-state index in [1.807, 2.05) is 30.3 Å². The van der Waals surface area contributed by atoms with Gasteiger partial charge in [0.2, 0.25) is 0 Å². The van der Waals surface area contributed by atoms with E-state index in [9.17, 15) is 8.42 Å². The topological polar surface area (TPSA) is 63.4 Å². The summed E-state index contributed by atoms with van der Waals surface area (Å²) in [7, 11) is -3.42. The zero-order valence-corrected chi connectivity index (χ0v) is 16.9. The molecule has 146 valence electrons. The summed E-state index contributed by atoms with van der Waals surface area (Å²) in [6.45, 7) is 2.72. The van der Waals surface area contributed by atoms with E-state index in [1.54, 1.807) is 0 Å². The van der Waals surface area contributed by atoms with Gasteiger partial charge in [-0.1, -0.05) is 60.7 Å². The minimum atomic E-state index is -3.42. The average Bonchev–Trinajstić information content (AvgIpc) is 2.68. The molecule has 0 saturated carbocycles. The van der Waals surface area contributed by atoms with Crippen LogP contribution in [0.25, 0.3) is 0 Å². The molecule has 2 aromatic rings. The van der Waals surface area contributed by atoms with Gasteiger partial charge >= 0.3 is 0 Å². The Bertz CT molecular complexity index is 816. The number of sulfone groups is 1. The minimum absolute atomic E-state index is 0.416. The van der Waals surface area contributed by atoms with Gasteiger partial charge in [0.05, 0.1) is 0 Å². The lowest BCUT2D eigenvalue weighted by Gasteiger charge is -2.35. The van der Waals surface area contributed by atoms with Gasteiger partial charge in [-0.2, -0.15) is 0 Å². The zero-order chi connectivity index (χ0) is 19.3. The van der Waals surface area contributed by atoms with Gasteiger partial charge in [0.15, 0.2) is 9.84 Å². The van der Waals surface area contributed by atoms with Gasteiger partial charge in [-0.3, -0.25) is 0 Å². The fraction of sp³-hybridized carbons (Fsp3) is 0.455. The van der Waals surface area contributed by atoms with Crippen molar-refractivity contribution in [3.05, 3.63) is 71.8 Å². The van der Waals surface area contributed by atoms with Crippen LogP contribution in [-0.4, -0.2) is 39.2 Å². The Kier molecular flexibility index (Phi) is 6.35. The van der Waals surface area contributed by atoms with Crippen LogP contribution < -0.4 is 5.73 Å². The maximum Gasteiger partial charge on any atom is 0.170 e. The molecule has 0 spiro atoms. The van der Waals surface area contributed by atoms with Crippen molar-refractivity contribution >= 4 is 9.84 Å². The number of nitrogens with two attached hydrogens (primary N) is 1. The molecule has 0 radical (unpaired) electrons. The first-order valence-electron chi connectivity index (χ1n) is 9.69. The number of hydrogen-bond acceptors (Lipinski definition) is 4. The Morgan fingerprint density at radius 2 is 1.56 bits per heavy atom. The molecule has 27 heavy (non-hydrogen) atoms. The summed E-state index contributed by atoms with van der Waals surface area (Å²) in [6, 6.07) is 19.8. The highest BCUT2D eigenvalue weighted by Gasteiger charge is 2.38. The Hall–Kier alpha value is -1.69. The van der Waals surface area contributed by atoms with Crippen molar-refractivity contribution in [3.63, 3.8) is 0 Å². The largest absolute Gasteiger partial charge is 0.309 e. The normalized spacial score (nSPS) is 18.9. The van der Waals surface area contributed by atoms with Gasteiger partial charge in [0.1, 0.15) is 4.87 Å². The van der Waals surface area contributed by atoms with E-state index in [0.29, 0.717) is 24.4 Å². The van der Waals surface area contributed by atoms with Crippen molar-refractivity contribution in [1.82, 2.24) is 4.90 Å². The van der Waals surface area contributed by atoms with Gasteiger partial charge < -0.3 is 10.6 Å². The number of rotatable bonds is 7. The van der Waals surface area contributed by atoms with Crippen molar-refractivity contribution in [1.29, 1.82) is 0 Å². The number of piperidine rings is 1. The summed E-state index contributed by atoms with van der Waals surface area (Å²) in [4.78, 5) is 1.03. The zero-order valence-electron chi connectivity index (χ0n) is 16.0. The van der Waals surface area contributed by atoms with Crippen LogP contribution in [0.2, 0.25) is 0 Å². The molecule has 0 bridgehead atoms. The Balaban J connectivity index is 1.57. The molecule has 1 saturated heterocycles. The fourth-order valence-electron chi connectivity index (χ4n) is 3.95. The third-order valence-electron chi connectivity index (χ3n) is 5.80. The molecule has 2 N–H and O–H groups in total. The first-order chi connectivity index (χ1) is 12.9. The lowest BCUT2D eigenvalue weighted by atomic mass is 9.90. The highest BCUT2D eigenvalue weighted by atomic mass is 32.2.